The van der Waals surface area contributed by atoms with Crippen LogP contribution in [0.3, 0.4) is 0 Å². The minimum atomic E-state index is 0.120. The van der Waals surface area contributed by atoms with E-state index in [4.69, 9.17) is 0 Å². The summed E-state index contributed by atoms with van der Waals surface area (Å²) < 4.78 is 0. The molecule has 0 radical (unpaired) electrons. The highest BCUT2D eigenvalue weighted by Crippen LogP contribution is 2.29. The second-order valence-electron chi connectivity index (χ2n) is 4.24. The summed E-state index contributed by atoms with van der Waals surface area (Å²) in [5.41, 5.74) is 0. The van der Waals surface area contributed by atoms with E-state index in [1.165, 1.54) is 12.8 Å². The summed E-state index contributed by atoms with van der Waals surface area (Å²) in [7, 11) is 0. The van der Waals surface area contributed by atoms with Crippen molar-refractivity contribution in [2.75, 3.05) is 18.4 Å². The van der Waals surface area contributed by atoms with Crippen molar-refractivity contribution in [1.82, 2.24) is 10.2 Å². The van der Waals surface area contributed by atoms with E-state index in [9.17, 15) is 4.79 Å². The van der Waals surface area contributed by atoms with Gasteiger partial charge in [-0.15, -0.1) is 0 Å². The number of nitrogens with zero attached hydrogens (tertiary/aromatic N) is 1. The third-order valence-electron chi connectivity index (χ3n) is 3.08. The molecule has 0 spiro atoms. The summed E-state index contributed by atoms with van der Waals surface area (Å²) in [6.07, 6.45) is 5.02. The number of piperidine rings is 1. The molecule has 0 aromatic heterocycles. The largest absolute Gasteiger partial charge is 0.353 e. The molecule has 0 aromatic rings. The molecule has 1 aliphatic carbocycles. The molecule has 0 atom stereocenters. The number of nitrogens with one attached hydrogen (secondary N) is 1. The van der Waals surface area contributed by atoms with Gasteiger partial charge in [-0.25, -0.2) is 0 Å². The molecule has 0 bridgehead atoms. The first-order valence-corrected chi connectivity index (χ1v) is 6.51. The van der Waals surface area contributed by atoms with Crippen LogP contribution in [-0.4, -0.2) is 41.3 Å². The summed E-state index contributed by atoms with van der Waals surface area (Å²) in [6.45, 7) is 2.33. The molecule has 2 aliphatic rings. The minimum Gasteiger partial charge on any atom is -0.353 e. The van der Waals surface area contributed by atoms with Crippen LogP contribution in [0.1, 0.15) is 25.7 Å². The first-order valence-electron chi connectivity index (χ1n) is 5.39. The van der Waals surface area contributed by atoms with Crippen LogP contribution < -0.4 is 5.32 Å². The second kappa shape index (κ2) is 4.62. The molecule has 3 nitrogen and oxygen atoms in total. The van der Waals surface area contributed by atoms with Gasteiger partial charge in [0.15, 0.2) is 0 Å². The summed E-state index contributed by atoms with van der Waals surface area (Å²) in [5.74, 6) is 0.120. The zero-order chi connectivity index (χ0) is 9.97. The number of likely N-dealkylation sites (tertiary alicyclic amines) is 1. The normalized spacial score (nSPS) is 24.9. The monoisotopic (exact) mass is 260 g/mol. The van der Waals surface area contributed by atoms with Gasteiger partial charge in [0, 0.05) is 25.2 Å². The van der Waals surface area contributed by atoms with E-state index in [1.807, 2.05) is 0 Å². The lowest BCUT2D eigenvalue weighted by Crippen LogP contribution is -2.45. The number of hydrogen-bond donors (Lipinski definition) is 1. The Balaban J connectivity index is 1.69. The van der Waals surface area contributed by atoms with E-state index in [0.29, 0.717) is 11.4 Å². The van der Waals surface area contributed by atoms with Crippen molar-refractivity contribution < 1.29 is 4.79 Å². The van der Waals surface area contributed by atoms with Gasteiger partial charge in [0.25, 0.3) is 0 Å². The predicted molar refractivity (Wildman–Crippen MR) is 59.6 cm³/mol. The van der Waals surface area contributed by atoms with Gasteiger partial charge in [0.2, 0.25) is 5.91 Å². The Morgan fingerprint density at radius 2 is 1.93 bits per heavy atom. The maximum atomic E-state index is 11.1. The topological polar surface area (TPSA) is 32.3 Å². The average Bonchev–Trinajstić information content (AvgIpc) is 3.02. The van der Waals surface area contributed by atoms with Gasteiger partial charge in [-0.3, -0.25) is 4.79 Å². The first-order chi connectivity index (χ1) is 6.79. The lowest BCUT2D eigenvalue weighted by atomic mass is 10.1. The maximum absolute atomic E-state index is 11.1. The number of amides is 1. The molecular formula is C10H17BrN2O. The number of hydrogen-bond acceptors (Lipinski definition) is 2. The zero-order valence-corrected chi connectivity index (χ0v) is 9.92. The molecule has 1 N–H and O–H groups in total. The number of carbonyl (C=O) groups excluding carboxylic acids is 1. The van der Waals surface area contributed by atoms with Crippen LogP contribution in [0.15, 0.2) is 0 Å². The van der Waals surface area contributed by atoms with Crippen LogP contribution in [0.4, 0.5) is 0 Å². The van der Waals surface area contributed by atoms with Gasteiger partial charge >= 0.3 is 0 Å². The molecule has 2 rings (SSSR count). The number of rotatable bonds is 3. The second-order valence-corrected chi connectivity index (χ2v) is 4.80. The molecular weight excluding hydrogens is 244 g/mol. The van der Waals surface area contributed by atoms with Crippen LogP contribution in [0, 0.1) is 0 Å². The van der Waals surface area contributed by atoms with Gasteiger partial charge in [0.05, 0.1) is 5.33 Å². The lowest BCUT2D eigenvalue weighted by Gasteiger charge is -2.32. The SMILES string of the molecule is O=C(CBr)NC1CCN(C2CC2)CC1. The van der Waals surface area contributed by atoms with E-state index in [0.717, 1.165) is 32.0 Å². The summed E-state index contributed by atoms with van der Waals surface area (Å²) >= 11 is 3.16. The Labute approximate surface area is 93.4 Å². The number of alkyl halides is 1. The fourth-order valence-electron chi connectivity index (χ4n) is 2.11. The quantitative estimate of drug-likeness (QED) is 0.772. The average molecular weight is 261 g/mol. The third kappa shape index (κ3) is 2.70. The molecule has 0 unspecified atom stereocenters. The van der Waals surface area contributed by atoms with E-state index in [1.54, 1.807) is 0 Å². The fraction of sp³-hybridized carbons (Fsp3) is 0.900. The van der Waals surface area contributed by atoms with Crippen molar-refractivity contribution in [1.29, 1.82) is 0 Å². The lowest BCUT2D eigenvalue weighted by molar-refractivity contribution is -0.119. The Morgan fingerprint density at radius 3 is 2.43 bits per heavy atom. The molecule has 14 heavy (non-hydrogen) atoms. The van der Waals surface area contributed by atoms with Gasteiger partial charge in [-0.05, 0) is 25.7 Å². The van der Waals surface area contributed by atoms with Gasteiger partial charge in [-0.1, -0.05) is 15.9 Å². The molecule has 4 heteroatoms. The molecule has 80 valence electrons. The molecule has 1 amide bonds. The van der Waals surface area contributed by atoms with Crippen LogP contribution in [0.5, 0.6) is 0 Å². The number of halogens is 1. The highest BCUT2D eigenvalue weighted by atomic mass is 79.9. The smallest absolute Gasteiger partial charge is 0.230 e. The summed E-state index contributed by atoms with van der Waals surface area (Å²) in [6, 6.07) is 1.29. The van der Waals surface area contributed by atoms with E-state index in [2.05, 4.69) is 26.1 Å². The van der Waals surface area contributed by atoms with Gasteiger partial charge < -0.3 is 10.2 Å². The summed E-state index contributed by atoms with van der Waals surface area (Å²) in [5, 5.41) is 3.46. The van der Waals surface area contributed by atoms with Gasteiger partial charge in [0.1, 0.15) is 0 Å². The van der Waals surface area contributed by atoms with Crippen molar-refractivity contribution >= 4 is 21.8 Å². The Hall–Kier alpha value is -0.0900. The standard InChI is InChI=1S/C10H17BrN2O/c11-7-10(14)12-8-3-5-13(6-4-8)9-1-2-9/h8-9H,1-7H2,(H,12,14). The number of carbonyl (C=O) groups is 1. The zero-order valence-electron chi connectivity index (χ0n) is 8.34. The summed E-state index contributed by atoms with van der Waals surface area (Å²) in [4.78, 5) is 13.7. The highest BCUT2D eigenvalue weighted by Gasteiger charge is 2.31. The Bertz CT molecular complexity index is 210. The van der Waals surface area contributed by atoms with Crippen molar-refractivity contribution in [2.45, 2.75) is 37.8 Å². The first kappa shape index (κ1) is 10.4. The Kier molecular flexibility index (Phi) is 3.44. The predicted octanol–water partition coefficient (Wildman–Crippen LogP) is 1.12. The van der Waals surface area contributed by atoms with E-state index in [-0.39, 0.29) is 5.91 Å². The van der Waals surface area contributed by atoms with Crippen LogP contribution in [-0.2, 0) is 4.79 Å². The van der Waals surface area contributed by atoms with E-state index < -0.39 is 0 Å². The van der Waals surface area contributed by atoms with Crippen molar-refractivity contribution in [3.63, 3.8) is 0 Å². The maximum Gasteiger partial charge on any atom is 0.230 e. The molecule has 1 heterocycles. The van der Waals surface area contributed by atoms with Gasteiger partial charge in [-0.2, -0.15) is 0 Å². The molecule has 2 fully saturated rings. The Morgan fingerprint density at radius 1 is 1.29 bits per heavy atom. The van der Waals surface area contributed by atoms with Crippen LogP contribution >= 0.6 is 15.9 Å². The van der Waals surface area contributed by atoms with Crippen molar-refractivity contribution in [2.24, 2.45) is 0 Å². The van der Waals surface area contributed by atoms with Crippen molar-refractivity contribution in [3.05, 3.63) is 0 Å². The van der Waals surface area contributed by atoms with E-state index >= 15 is 0 Å². The highest BCUT2D eigenvalue weighted by molar-refractivity contribution is 9.09. The minimum absolute atomic E-state index is 0.120. The molecule has 1 saturated heterocycles. The third-order valence-corrected chi connectivity index (χ3v) is 3.59. The van der Waals surface area contributed by atoms with Crippen LogP contribution in [0.25, 0.3) is 0 Å². The van der Waals surface area contributed by atoms with Crippen molar-refractivity contribution in [3.8, 4) is 0 Å². The fourth-order valence-corrected chi connectivity index (χ4v) is 2.28. The van der Waals surface area contributed by atoms with Crippen LogP contribution in [0.2, 0.25) is 0 Å². The molecule has 1 aliphatic heterocycles. The molecule has 0 aromatic carbocycles. The molecule has 1 saturated carbocycles.